The highest BCUT2D eigenvalue weighted by atomic mass is 16.5. The predicted octanol–water partition coefficient (Wildman–Crippen LogP) is 0.867. The van der Waals surface area contributed by atoms with E-state index in [0.717, 1.165) is 37.5 Å². The maximum atomic E-state index is 5.24. The standard InChI is InChI=1S/C12H18N6O/c1-13-12-16-10-9(14-7-15-10)11(17-12)18-4-3-8(5-18)6-19-2/h7-8H,3-6H2,1-2H3,(H2,13,14,15,16,17). The monoisotopic (exact) mass is 262 g/mol. The largest absolute Gasteiger partial charge is 0.384 e. The molecule has 2 N–H and O–H groups in total. The lowest BCUT2D eigenvalue weighted by molar-refractivity contribution is 0.161. The van der Waals surface area contributed by atoms with E-state index in [1.54, 1.807) is 13.4 Å². The fourth-order valence-corrected chi connectivity index (χ4v) is 2.56. The SMILES string of the molecule is CNc1nc(N2CCC(COC)C2)c2[nH]cnc2n1. The third-order valence-electron chi connectivity index (χ3n) is 3.48. The summed E-state index contributed by atoms with van der Waals surface area (Å²) >= 11 is 0. The lowest BCUT2D eigenvalue weighted by Crippen LogP contribution is -2.23. The van der Waals surface area contributed by atoms with E-state index in [9.17, 15) is 0 Å². The molecule has 0 bridgehead atoms. The van der Waals surface area contributed by atoms with Gasteiger partial charge in [0.25, 0.3) is 0 Å². The van der Waals surface area contributed by atoms with Gasteiger partial charge >= 0.3 is 0 Å². The van der Waals surface area contributed by atoms with Crippen LogP contribution in [0.15, 0.2) is 6.33 Å². The number of anilines is 2. The zero-order chi connectivity index (χ0) is 13.2. The van der Waals surface area contributed by atoms with E-state index in [-0.39, 0.29) is 0 Å². The quantitative estimate of drug-likeness (QED) is 0.851. The van der Waals surface area contributed by atoms with Crippen molar-refractivity contribution < 1.29 is 4.74 Å². The summed E-state index contributed by atoms with van der Waals surface area (Å²) in [6.45, 7) is 2.75. The van der Waals surface area contributed by atoms with Crippen molar-refractivity contribution in [2.45, 2.75) is 6.42 Å². The first-order valence-electron chi connectivity index (χ1n) is 6.44. The summed E-state index contributed by atoms with van der Waals surface area (Å²) in [5.74, 6) is 2.09. The van der Waals surface area contributed by atoms with Gasteiger partial charge in [0.2, 0.25) is 5.95 Å². The minimum atomic E-state index is 0.566. The number of nitrogens with one attached hydrogen (secondary N) is 2. The molecule has 3 rings (SSSR count). The molecule has 1 fully saturated rings. The van der Waals surface area contributed by atoms with Crippen molar-refractivity contribution in [1.29, 1.82) is 0 Å². The Morgan fingerprint density at radius 2 is 2.42 bits per heavy atom. The Morgan fingerprint density at radius 1 is 1.53 bits per heavy atom. The number of imidazole rings is 1. The van der Waals surface area contributed by atoms with Crippen LogP contribution < -0.4 is 10.2 Å². The molecule has 0 amide bonds. The summed E-state index contributed by atoms with van der Waals surface area (Å²) in [5, 5.41) is 2.98. The van der Waals surface area contributed by atoms with E-state index in [1.807, 2.05) is 7.05 Å². The molecule has 2 aromatic heterocycles. The van der Waals surface area contributed by atoms with E-state index in [0.29, 0.717) is 17.5 Å². The highest BCUT2D eigenvalue weighted by Gasteiger charge is 2.26. The molecule has 2 aromatic rings. The minimum absolute atomic E-state index is 0.566. The molecule has 1 unspecified atom stereocenters. The lowest BCUT2D eigenvalue weighted by atomic mass is 10.1. The number of ether oxygens (including phenoxy) is 1. The van der Waals surface area contributed by atoms with Crippen molar-refractivity contribution in [3.63, 3.8) is 0 Å². The van der Waals surface area contributed by atoms with Crippen molar-refractivity contribution in [1.82, 2.24) is 19.9 Å². The fourth-order valence-electron chi connectivity index (χ4n) is 2.56. The number of hydrogen-bond donors (Lipinski definition) is 2. The van der Waals surface area contributed by atoms with E-state index >= 15 is 0 Å². The lowest BCUT2D eigenvalue weighted by Gasteiger charge is -2.18. The summed E-state index contributed by atoms with van der Waals surface area (Å²) in [7, 11) is 3.56. The maximum Gasteiger partial charge on any atom is 0.226 e. The Hall–Kier alpha value is -1.89. The van der Waals surface area contributed by atoms with Gasteiger partial charge in [0.15, 0.2) is 11.5 Å². The molecule has 1 aliphatic heterocycles. The number of hydrogen-bond acceptors (Lipinski definition) is 6. The van der Waals surface area contributed by atoms with Crippen LogP contribution in [-0.4, -0.2) is 53.8 Å². The Morgan fingerprint density at radius 3 is 3.21 bits per heavy atom. The van der Waals surface area contributed by atoms with Gasteiger partial charge in [-0.05, 0) is 6.42 Å². The first-order chi connectivity index (χ1) is 9.31. The van der Waals surface area contributed by atoms with Crippen molar-refractivity contribution >= 4 is 22.9 Å². The maximum absolute atomic E-state index is 5.24. The van der Waals surface area contributed by atoms with Crippen LogP contribution in [0.3, 0.4) is 0 Å². The second-order valence-electron chi connectivity index (χ2n) is 4.78. The molecule has 3 heterocycles. The number of fused-ring (bicyclic) bond motifs is 1. The van der Waals surface area contributed by atoms with Gasteiger partial charge in [0.1, 0.15) is 5.52 Å². The van der Waals surface area contributed by atoms with Crippen LogP contribution in [0.1, 0.15) is 6.42 Å². The topological polar surface area (TPSA) is 79.0 Å². The van der Waals surface area contributed by atoms with Crippen molar-refractivity contribution in [2.75, 3.05) is 44.1 Å². The van der Waals surface area contributed by atoms with E-state index < -0.39 is 0 Å². The van der Waals surface area contributed by atoms with Crippen LogP contribution in [0.5, 0.6) is 0 Å². The van der Waals surface area contributed by atoms with Gasteiger partial charge in [-0.1, -0.05) is 0 Å². The second kappa shape index (κ2) is 5.00. The van der Waals surface area contributed by atoms with Gasteiger partial charge in [-0.3, -0.25) is 0 Å². The van der Waals surface area contributed by atoms with Crippen LogP contribution >= 0.6 is 0 Å². The van der Waals surface area contributed by atoms with E-state index in [4.69, 9.17) is 4.74 Å². The summed E-state index contributed by atoms with van der Waals surface area (Å²) in [4.78, 5) is 18.5. The Kier molecular flexibility index (Phi) is 3.20. The normalized spacial score (nSPS) is 19.3. The van der Waals surface area contributed by atoms with Crippen molar-refractivity contribution in [3.8, 4) is 0 Å². The van der Waals surface area contributed by atoms with Crippen molar-refractivity contribution in [3.05, 3.63) is 6.33 Å². The molecular weight excluding hydrogens is 244 g/mol. The Labute approximate surface area is 111 Å². The highest BCUT2D eigenvalue weighted by molar-refractivity contribution is 5.84. The molecule has 0 aliphatic carbocycles. The van der Waals surface area contributed by atoms with Crippen LogP contribution in [0.4, 0.5) is 11.8 Å². The Bertz CT molecular complexity index is 568. The zero-order valence-electron chi connectivity index (χ0n) is 11.2. The van der Waals surface area contributed by atoms with Gasteiger partial charge < -0.3 is 19.9 Å². The van der Waals surface area contributed by atoms with Gasteiger partial charge in [-0.15, -0.1) is 0 Å². The molecule has 0 radical (unpaired) electrons. The smallest absolute Gasteiger partial charge is 0.226 e. The number of methoxy groups -OCH3 is 1. The van der Waals surface area contributed by atoms with Crippen molar-refractivity contribution in [2.24, 2.45) is 5.92 Å². The van der Waals surface area contributed by atoms with Gasteiger partial charge in [0.05, 0.1) is 12.9 Å². The highest BCUT2D eigenvalue weighted by Crippen LogP contribution is 2.27. The first-order valence-corrected chi connectivity index (χ1v) is 6.44. The van der Waals surface area contributed by atoms with Gasteiger partial charge in [0, 0.05) is 33.2 Å². The molecule has 102 valence electrons. The van der Waals surface area contributed by atoms with E-state index in [2.05, 4.69) is 30.2 Å². The number of nitrogens with zero attached hydrogens (tertiary/aromatic N) is 4. The molecule has 19 heavy (non-hydrogen) atoms. The molecule has 1 saturated heterocycles. The van der Waals surface area contributed by atoms with E-state index in [1.165, 1.54) is 0 Å². The summed E-state index contributed by atoms with van der Waals surface area (Å²) < 4.78 is 5.24. The third kappa shape index (κ3) is 2.21. The van der Waals surface area contributed by atoms with Crippen LogP contribution in [0.2, 0.25) is 0 Å². The molecule has 0 saturated carbocycles. The Balaban J connectivity index is 1.93. The minimum Gasteiger partial charge on any atom is -0.384 e. The predicted molar refractivity (Wildman–Crippen MR) is 73.4 cm³/mol. The van der Waals surface area contributed by atoms with Crippen LogP contribution in [-0.2, 0) is 4.74 Å². The number of aromatic amines is 1. The first kappa shape index (κ1) is 12.2. The number of aromatic nitrogens is 4. The molecule has 0 spiro atoms. The third-order valence-corrected chi connectivity index (χ3v) is 3.48. The molecule has 7 nitrogen and oxygen atoms in total. The zero-order valence-corrected chi connectivity index (χ0v) is 11.2. The van der Waals surface area contributed by atoms with Gasteiger partial charge in [-0.2, -0.15) is 9.97 Å². The number of rotatable bonds is 4. The number of H-pyrrole nitrogens is 1. The summed E-state index contributed by atoms with van der Waals surface area (Å²) in [5.41, 5.74) is 1.60. The second-order valence-corrected chi connectivity index (χ2v) is 4.78. The molecule has 7 heteroatoms. The average molecular weight is 262 g/mol. The molecular formula is C12H18N6O. The summed E-state index contributed by atoms with van der Waals surface area (Å²) in [6, 6.07) is 0. The van der Waals surface area contributed by atoms with Crippen LogP contribution in [0, 0.1) is 5.92 Å². The fraction of sp³-hybridized carbons (Fsp3) is 0.583. The summed E-state index contributed by atoms with van der Waals surface area (Å²) in [6.07, 6.45) is 2.79. The molecule has 1 aliphatic rings. The average Bonchev–Trinajstić information content (AvgIpc) is 3.06. The molecule has 0 aromatic carbocycles. The van der Waals surface area contributed by atoms with Gasteiger partial charge in [-0.25, -0.2) is 4.98 Å². The molecule has 1 atom stereocenters. The van der Waals surface area contributed by atoms with Crippen LogP contribution in [0.25, 0.3) is 11.2 Å².